The Kier molecular flexibility index (Phi) is 4.13. The lowest BCUT2D eigenvalue weighted by Crippen LogP contribution is -2.24. The van der Waals surface area contributed by atoms with Crippen molar-refractivity contribution in [1.82, 2.24) is 0 Å². The van der Waals surface area contributed by atoms with Gasteiger partial charge in [-0.2, -0.15) is 0 Å². The van der Waals surface area contributed by atoms with Crippen LogP contribution in [0.4, 0.5) is 0 Å². The largest absolute Gasteiger partial charge is 0.389 e. The minimum atomic E-state index is -0.479. The Labute approximate surface area is 107 Å². The van der Waals surface area contributed by atoms with Crippen molar-refractivity contribution in [2.45, 2.75) is 45.4 Å². The summed E-state index contributed by atoms with van der Waals surface area (Å²) in [6, 6.07) is 5.71. The van der Waals surface area contributed by atoms with E-state index in [2.05, 4.69) is 6.92 Å². The number of fused-ring (bicyclic) bond motifs is 1. The fourth-order valence-corrected chi connectivity index (χ4v) is 2.36. The van der Waals surface area contributed by atoms with E-state index < -0.39 is 11.9 Å². The van der Waals surface area contributed by atoms with E-state index in [1.807, 2.05) is 18.2 Å². The quantitative estimate of drug-likeness (QED) is 0.455. The number of unbranched alkanes of at least 4 members (excludes halogenated alkanes) is 3. The number of rotatable bonds is 5. The smallest absolute Gasteiger partial charge is 0.346 e. The second kappa shape index (κ2) is 5.80. The van der Waals surface area contributed by atoms with Crippen LogP contribution in [0.15, 0.2) is 18.2 Å². The van der Waals surface area contributed by atoms with Gasteiger partial charge in [0.2, 0.25) is 0 Å². The molecule has 0 radical (unpaired) electrons. The van der Waals surface area contributed by atoms with Crippen molar-refractivity contribution in [3.05, 3.63) is 34.9 Å². The van der Waals surface area contributed by atoms with Gasteiger partial charge in [0, 0.05) is 0 Å². The van der Waals surface area contributed by atoms with Crippen molar-refractivity contribution >= 4 is 11.9 Å². The maximum absolute atomic E-state index is 11.8. The van der Waals surface area contributed by atoms with Crippen molar-refractivity contribution in [3.63, 3.8) is 0 Å². The highest BCUT2D eigenvalue weighted by Crippen LogP contribution is 2.23. The minimum absolute atomic E-state index is 0.212. The molecular weight excluding hydrogens is 228 g/mol. The van der Waals surface area contributed by atoms with Gasteiger partial charge in [-0.3, -0.25) is 4.79 Å². The van der Waals surface area contributed by atoms with E-state index in [0.717, 1.165) is 24.0 Å². The van der Waals surface area contributed by atoms with Crippen LogP contribution in [0.3, 0.4) is 0 Å². The first-order valence-corrected chi connectivity index (χ1v) is 6.58. The Balaban J connectivity index is 2.14. The van der Waals surface area contributed by atoms with Gasteiger partial charge in [0.05, 0.1) is 12.0 Å². The topological polar surface area (TPSA) is 43.4 Å². The monoisotopic (exact) mass is 246 g/mol. The first kappa shape index (κ1) is 12.8. The SMILES string of the molecule is CCCCCCc1cccc2c1C(=O)OC(=O)C2. The second-order valence-electron chi connectivity index (χ2n) is 4.70. The molecule has 1 aliphatic rings. The first-order valence-electron chi connectivity index (χ1n) is 6.58. The average Bonchev–Trinajstić information content (AvgIpc) is 2.34. The summed E-state index contributed by atoms with van der Waals surface area (Å²) in [5, 5.41) is 0. The van der Waals surface area contributed by atoms with Crippen molar-refractivity contribution in [2.24, 2.45) is 0 Å². The van der Waals surface area contributed by atoms with Crippen molar-refractivity contribution in [2.75, 3.05) is 0 Å². The van der Waals surface area contributed by atoms with Crippen LogP contribution in [0.25, 0.3) is 0 Å². The third-order valence-electron chi connectivity index (χ3n) is 3.28. The fraction of sp³-hybridized carbons (Fsp3) is 0.467. The highest BCUT2D eigenvalue weighted by atomic mass is 16.6. The normalized spacial score (nSPS) is 14.3. The number of carbonyl (C=O) groups excluding carboxylic acids is 2. The Morgan fingerprint density at radius 2 is 2.00 bits per heavy atom. The van der Waals surface area contributed by atoms with E-state index in [1.165, 1.54) is 19.3 Å². The molecule has 3 heteroatoms. The van der Waals surface area contributed by atoms with E-state index in [9.17, 15) is 9.59 Å². The Hall–Kier alpha value is -1.64. The molecular formula is C15H18O3. The van der Waals surface area contributed by atoms with Crippen LogP contribution in [0.2, 0.25) is 0 Å². The molecule has 96 valence electrons. The molecule has 0 aliphatic carbocycles. The van der Waals surface area contributed by atoms with Crippen LogP contribution in [0.1, 0.15) is 54.1 Å². The number of hydrogen-bond acceptors (Lipinski definition) is 3. The number of benzene rings is 1. The zero-order chi connectivity index (χ0) is 13.0. The highest BCUT2D eigenvalue weighted by molar-refractivity contribution is 6.03. The van der Waals surface area contributed by atoms with Gasteiger partial charge in [-0.15, -0.1) is 0 Å². The molecule has 0 amide bonds. The lowest BCUT2D eigenvalue weighted by atomic mass is 9.94. The molecule has 0 N–H and O–H groups in total. The molecule has 3 nitrogen and oxygen atoms in total. The molecule has 1 aromatic rings. The molecule has 0 aromatic heterocycles. The number of aryl methyl sites for hydroxylation is 1. The van der Waals surface area contributed by atoms with Gasteiger partial charge >= 0.3 is 11.9 Å². The van der Waals surface area contributed by atoms with Crippen LogP contribution < -0.4 is 0 Å². The predicted octanol–water partition coefficient (Wildman–Crippen LogP) is 3.05. The predicted molar refractivity (Wildman–Crippen MR) is 68.4 cm³/mol. The van der Waals surface area contributed by atoms with Gasteiger partial charge in [0.25, 0.3) is 0 Å². The molecule has 18 heavy (non-hydrogen) atoms. The number of ether oxygens (including phenoxy) is 1. The summed E-state index contributed by atoms with van der Waals surface area (Å²) in [4.78, 5) is 23.0. The molecule has 1 aromatic carbocycles. The lowest BCUT2D eigenvalue weighted by molar-refractivity contribution is -0.137. The Bertz CT molecular complexity index is 463. The van der Waals surface area contributed by atoms with E-state index in [1.54, 1.807) is 0 Å². The van der Waals surface area contributed by atoms with Gasteiger partial charge in [0.1, 0.15) is 0 Å². The number of carbonyl (C=O) groups is 2. The van der Waals surface area contributed by atoms with E-state index in [4.69, 9.17) is 4.74 Å². The van der Waals surface area contributed by atoms with Gasteiger partial charge in [-0.1, -0.05) is 44.4 Å². The molecule has 2 rings (SSSR count). The van der Waals surface area contributed by atoms with Gasteiger partial charge in [-0.25, -0.2) is 4.79 Å². The zero-order valence-corrected chi connectivity index (χ0v) is 10.7. The molecule has 0 bridgehead atoms. The van der Waals surface area contributed by atoms with Gasteiger partial charge < -0.3 is 4.74 Å². The molecule has 0 saturated heterocycles. The van der Waals surface area contributed by atoms with E-state index in [-0.39, 0.29) is 6.42 Å². The molecule has 1 heterocycles. The summed E-state index contributed by atoms with van der Waals surface area (Å²) in [6.45, 7) is 2.17. The van der Waals surface area contributed by atoms with Crippen LogP contribution in [-0.4, -0.2) is 11.9 Å². The van der Waals surface area contributed by atoms with E-state index in [0.29, 0.717) is 5.56 Å². The molecule has 0 atom stereocenters. The van der Waals surface area contributed by atoms with Gasteiger partial charge in [0.15, 0.2) is 0 Å². The standard InChI is InChI=1S/C15H18O3/c1-2-3-4-5-7-11-8-6-9-12-10-13(16)18-15(17)14(11)12/h6,8-9H,2-5,7,10H2,1H3. The molecule has 0 fully saturated rings. The number of esters is 2. The van der Waals surface area contributed by atoms with E-state index >= 15 is 0 Å². The lowest BCUT2D eigenvalue weighted by Gasteiger charge is -2.17. The average molecular weight is 246 g/mol. The maximum Gasteiger partial charge on any atom is 0.346 e. The van der Waals surface area contributed by atoms with Crippen molar-refractivity contribution in [3.8, 4) is 0 Å². The van der Waals surface area contributed by atoms with Crippen LogP contribution in [0.5, 0.6) is 0 Å². The number of hydrogen-bond donors (Lipinski definition) is 0. The molecule has 0 spiro atoms. The zero-order valence-electron chi connectivity index (χ0n) is 10.7. The summed E-state index contributed by atoms with van der Waals surface area (Å²) in [5.74, 6) is -0.928. The maximum atomic E-state index is 11.8. The van der Waals surface area contributed by atoms with Crippen molar-refractivity contribution < 1.29 is 14.3 Å². The van der Waals surface area contributed by atoms with Gasteiger partial charge in [-0.05, 0) is 24.0 Å². The third kappa shape index (κ3) is 2.78. The van der Waals surface area contributed by atoms with Crippen molar-refractivity contribution in [1.29, 1.82) is 0 Å². The Morgan fingerprint density at radius 1 is 1.17 bits per heavy atom. The first-order chi connectivity index (χ1) is 8.72. The fourth-order valence-electron chi connectivity index (χ4n) is 2.36. The van der Waals surface area contributed by atoms with Crippen LogP contribution in [-0.2, 0) is 22.4 Å². The number of cyclic esters (lactones) is 2. The third-order valence-corrected chi connectivity index (χ3v) is 3.28. The van der Waals surface area contributed by atoms with Crippen LogP contribution in [0, 0.1) is 0 Å². The molecule has 0 unspecified atom stereocenters. The summed E-state index contributed by atoms with van der Waals surface area (Å²) in [5.41, 5.74) is 2.44. The molecule has 1 aliphatic heterocycles. The summed E-state index contributed by atoms with van der Waals surface area (Å²) in [6.07, 6.45) is 5.76. The second-order valence-corrected chi connectivity index (χ2v) is 4.70. The summed E-state index contributed by atoms with van der Waals surface area (Å²) in [7, 11) is 0. The summed E-state index contributed by atoms with van der Waals surface area (Å²) < 4.78 is 4.70. The highest BCUT2D eigenvalue weighted by Gasteiger charge is 2.26. The summed E-state index contributed by atoms with van der Waals surface area (Å²) >= 11 is 0. The Morgan fingerprint density at radius 3 is 2.78 bits per heavy atom. The minimum Gasteiger partial charge on any atom is -0.389 e. The molecule has 0 saturated carbocycles. The van der Waals surface area contributed by atoms with Crippen LogP contribution >= 0.6 is 0 Å².